The van der Waals surface area contributed by atoms with Gasteiger partial charge >= 0.3 is 0 Å². The van der Waals surface area contributed by atoms with Crippen molar-refractivity contribution in [3.05, 3.63) is 53.6 Å². The summed E-state index contributed by atoms with van der Waals surface area (Å²) < 4.78 is 33.2. The van der Waals surface area contributed by atoms with Gasteiger partial charge in [0.1, 0.15) is 4.90 Å². The van der Waals surface area contributed by atoms with Crippen LogP contribution in [-0.4, -0.2) is 33.6 Å². The standard InChI is InChI=1S/C20H23ClN2O4S/c1-2-23(16-7-4-3-5-8-16)28(25,26)19-13-15(10-11-18(19)21)22-20(24)14-17-9-6-12-27-17/h3-5,7-8,10-11,13,17H,2,6,9,12,14H2,1H3,(H,22,24). The van der Waals surface area contributed by atoms with E-state index in [4.69, 9.17) is 16.3 Å². The van der Waals surface area contributed by atoms with Gasteiger partial charge in [0, 0.05) is 18.8 Å². The highest BCUT2D eigenvalue weighted by atomic mass is 35.5. The van der Waals surface area contributed by atoms with E-state index in [-0.39, 0.29) is 34.9 Å². The van der Waals surface area contributed by atoms with E-state index in [0.29, 0.717) is 18.0 Å². The summed E-state index contributed by atoms with van der Waals surface area (Å²) in [7, 11) is -3.89. The molecular weight excluding hydrogens is 400 g/mol. The molecule has 1 heterocycles. The molecular formula is C20H23ClN2O4S. The summed E-state index contributed by atoms with van der Waals surface area (Å²) in [6.45, 7) is 2.68. The molecule has 1 fully saturated rings. The molecule has 0 radical (unpaired) electrons. The van der Waals surface area contributed by atoms with Crippen molar-refractivity contribution in [3.63, 3.8) is 0 Å². The molecule has 28 heavy (non-hydrogen) atoms. The van der Waals surface area contributed by atoms with Crippen LogP contribution in [0.25, 0.3) is 0 Å². The topological polar surface area (TPSA) is 75.7 Å². The molecule has 2 aromatic rings. The van der Waals surface area contributed by atoms with Crippen LogP contribution in [0.2, 0.25) is 5.02 Å². The van der Waals surface area contributed by atoms with Crippen molar-refractivity contribution in [1.82, 2.24) is 0 Å². The summed E-state index contributed by atoms with van der Waals surface area (Å²) >= 11 is 6.20. The SMILES string of the molecule is CCN(c1ccccc1)S(=O)(=O)c1cc(NC(=O)CC2CCCO2)ccc1Cl. The number of benzene rings is 2. The van der Waals surface area contributed by atoms with Gasteiger partial charge in [-0.2, -0.15) is 0 Å². The van der Waals surface area contributed by atoms with Gasteiger partial charge in [0.25, 0.3) is 10.0 Å². The molecule has 1 unspecified atom stereocenters. The number of nitrogens with zero attached hydrogens (tertiary/aromatic N) is 1. The largest absolute Gasteiger partial charge is 0.378 e. The highest BCUT2D eigenvalue weighted by Gasteiger charge is 2.27. The molecule has 0 saturated carbocycles. The molecule has 150 valence electrons. The first-order valence-corrected chi connectivity index (χ1v) is 11.0. The molecule has 1 N–H and O–H groups in total. The second-order valence-corrected chi connectivity index (χ2v) is 8.78. The van der Waals surface area contributed by atoms with Crippen LogP contribution in [-0.2, 0) is 19.6 Å². The summed E-state index contributed by atoms with van der Waals surface area (Å²) in [5, 5.41) is 2.85. The summed E-state index contributed by atoms with van der Waals surface area (Å²) in [6.07, 6.45) is 1.98. The maximum Gasteiger partial charge on any atom is 0.265 e. The van der Waals surface area contributed by atoms with Crippen LogP contribution in [0.15, 0.2) is 53.4 Å². The maximum atomic E-state index is 13.2. The highest BCUT2D eigenvalue weighted by molar-refractivity contribution is 7.93. The van der Waals surface area contributed by atoms with E-state index in [1.54, 1.807) is 37.3 Å². The van der Waals surface area contributed by atoms with E-state index in [2.05, 4.69) is 5.32 Å². The predicted octanol–water partition coefficient (Wildman–Crippen LogP) is 4.06. The minimum atomic E-state index is -3.89. The van der Waals surface area contributed by atoms with Crippen molar-refractivity contribution in [3.8, 4) is 0 Å². The highest BCUT2D eigenvalue weighted by Crippen LogP contribution is 2.30. The molecule has 0 aliphatic carbocycles. The number of hydrogen-bond donors (Lipinski definition) is 1. The Labute approximate surface area is 170 Å². The van der Waals surface area contributed by atoms with Gasteiger partial charge in [-0.25, -0.2) is 8.42 Å². The predicted molar refractivity (Wildman–Crippen MR) is 110 cm³/mol. The number of amides is 1. The third-order valence-electron chi connectivity index (χ3n) is 4.55. The van der Waals surface area contributed by atoms with E-state index in [0.717, 1.165) is 12.8 Å². The summed E-state index contributed by atoms with van der Waals surface area (Å²) in [4.78, 5) is 12.2. The van der Waals surface area contributed by atoms with Crippen LogP contribution in [0.1, 0.15) is 26.2 Å². The molecule has 8 heteroatoms. The van der Waals surface area contributed by atoms with Gasteiger partial charge in [0.15, 0.2) is 0 Å². The monoisotopic (exact) mass is 422 g/mol. The fourth-order valence-electron chi connectivity index (χ4n) is 3.21. The zero-order valence-electron chi connectivity index (χ0n) is 15.6. The molecule has 1 saturated heterocycles. The van der Waals surface area contributed by atoms with Crippen molar-refractivity contribution in [2.45, 2.75) is 37.2 Å². The van der Waals surface area contributed by atoms with E-state index >= 15 is 0 Å². The van der Waals surface area contributed by atoms with Crippen molar-refractivity contribution in [1.29, 1.82) is 0 Å². The lowest BCUT2D eigenvalue weighted by atomic mass is 10.2. The number of ether oxygens (including phenoxy) is 1. The number of carbonyl (C=O) groups excluding carboxylic acids is 1. The number of carbonyl (C=O) groups is 1. The number of rotatable bonds is 7. The quantitative estimate of drug-likeness (QED) is 0.729. The molecule has 1 atom stereocenters. The van der Waals surface area contributed by atoms with E-state index in [9.17, 15) is 13.2 Å². The number of anilines is 2. The molecule has 1 aliphatic rings. The Balaban J connectivity index is 1.84. The Kier molecular flexibility index (Phi) is 6.59. The Bertz CT molecular complexity index is 928. The molecule has 0 spiro atoms. The van der Waals surface area contributed by atoms with Crippen LogP contribution < -0.4 is 9.62 Å². The summed E-state index contributed by atoms with van der Waals surface area (Å²) in [6, 6.07) is 13.3. The van der Waals surface area contributed by atoms with Crippen LogP contribution >= 0.6 is 11.6 Å². The molecule has 1 amide bonds. The van der Waals surface area contributed by atoms with Crippen LogP contribution in [0, 0.1) is 0 Å². The second-order valence-electron chi connectivity index (χ2n) is 6.54. The Morgan fingerprint density at radius 2 is 2.00 bits per heavy atom. The zero-order chi connectivity index (χ0) is 20.1. The molecule has 3 rings (SSSR count). The van der Waals surface area contributed by atoms with E-state index < -0.39 is 10.0 Å². The third-order valence-corrected chi connectivity index (χ3v) is 6.94. The average molecular weight is 423 g/mol. The van der Waals surface area contributed by atoms with E-state index in [1.807, 2.05) is 6.07 Å². The first kappa shape index (κ1) is 20.6. The molecule has 2 aromatic carbocycles. The van der Waals surface area contributed by atoms with Gasteiger partial charge in [-0.05, 0) is 50.1 Å². The Morgan fingerprint density at radius 1 is 1.25 bits per heavy atom. The third kappa shape index (κ3) is 4.66. The second kappa shape index (κ2) is 8.94. The minimum Gasteiger partial charge on any atom is -0.378 e. The lowest BCUT2D eigenvalue weighted by Crippen LogP contribution is -2.31. The Hall–Kier alpha value is -2.09. The fraction of sp³-hybridized carbons (Fsp3) is 0.350. The normalized spacial score (nSPS) is 16.7. The van der Waals surface area contributed by atoms with Gasteiger partial charge in [-0.1, -0.05) is 29.8 Å². The van der Waals surface area contributed by atoms with E-state index in [1.165, 1.54) is 16.4 Å². The summed E-state index contributed by atoms with van der Waals surface area (Å²) in [5.74, 6) is -0.215. The lowest BCUT2D eigenvalue weighted by molar-refractivity contribution is -0.118. The van der Waals surface area contributed by atoms with Crippen LogP contribution in [0.4, 0.5) is 11.4 Å². The van der Waals surface area contributed by atoms with Crippen molar-refractivity contribution in [2.24, 2.45) is 0 Å². The number of halogens is 1. The maximum absolute atomic E-state index is 13.2. The number of nitrogens with one attached hydrogen (secondary N) is 1. The number of para-hydroxylation sites is 1. The molecule has 0 bridgehead atoms. The molecule has 1 aliphatic heterocycles. The fourth-order valence-corrected chi connectivity index (χ4v) is 5.18. The first-order chi connectivity index (χ1) is 13.4. The first-order valence-electron chi connectivity index (χ1n) is 9.20. The van der Waals surface area contributed by atoms with Gasteiger partial charge in [0.05, 0.1) is 23.2 Å². The zero-order valence-corrected chi connectivity index (χ0v) is 17.2. The van der Waals surface area contributed by atoms with Crippen molar-refractivity contribution >= 4 is 38.9 Å². The van der Waals surface area contributed by atoms with Crippen molar-refractivity contribution < 1.29 is 17.9 Å². The minimum absolute atomic E-state index is 0.0465. The van der Waals surface area contributed by atoms with Gasteiger partial charge in [0.2, 0.25) is 5.91 Å². The van der Waals surface area contributed by atoms with Gasteiger partial charge in [-0.15, -0.1) is 0 Å². The number of hydrogen-bond acceptors (Lipinski definition) is 4. The van der Waals surface area contributed by atoms with Gasteiger partial charge in [-0.3, -0.25) is 9.10 Å². The average Bonchev–Trinajstić information content (AvgIpc) is 3.17. The lowest BCUT2D eigenvalue weighted by Gasteiger charge is -2.23. The molecule has 0 aromatic heterocycles. The van der Waals surface area contributed by atoms with Gasteiger partial charge < -0.3 is 10.1 Å². The Morgan fingerprint density at radius 3 is 2.64 bits per heavy atom. The van der Waals surface area contributed by atoms with Crippen LogP contribution in [0.5, 0.6) is 0 Å². The molecule has 6 nitrogen and oxygen atoms in total. The van der Waals surface area contributed by atoms with Crippen molar-refractivity contribution in [2.75, 3.05) is 22.8 Å². The smallest absolute Gasteiger partial charge is 0.265 e. The summed E-state index contributed by atoms with van der Waals surface area (Å²) in [5.41, 5.74) is 0.934. The number of sulfonamides is 1. The van der Waals surface area contributed by atoms with Crippen LogP contribution in [0.3, 0.4) is 0 Å².